The van der Waals surface area contributed by atoms with Gasteiger partial charge < -0.3 is 14.5 Å². The summed E-state index contributed by atoms with van der Waals surface area (Å²) in [7, 11) is 0. The van der Waals surface area contributed by atoms with Crippen LogP contribution >= 0.6 is 15.9 Å². The van der Waals surface area contributed by atoms with E-state index in [2.05, 4.69) is 52.2 Å². The highest BCUT2D eigenvalue weighted by Gasteiger charge is 2.11. The van der Waals surface area contributed by atoms with Gasteiger partial charge in [0.1, 0.15) is 11.3 Å². The van der Waals surface area contributed by atoms with E-state index in [-0.39, 0.29) is 12.5 Å². The highest BCUT2D eigenvalue weighted by molar-refractivity contribution is 9.10. The first-order chi connectivity index (χ1) is 15.0. The van der Waals surface area contributed by atoms with E-state index in [4.69, 9.17) is 9.15 Å². The predicted molar refractivity (Wildman–Crippen MR) is 126 cm³/mol. The largest absolute Gasteiger partial charge is 0.484 e. The Morgan fingerprint density at radius 2 is 1.84 bits per heavy atom. The summed E-state index contributed by atoms with van der Waals surface area (Å²) in [5.74, 6) is 1.46. The number of ether oxygens (including phenoxy) is 1. The fourth-order valence-electron chi connectivity index (χ4n) is 3.18. The van der Waals surface area contributed by atoms with Crippen molar-refractivity contribution in [1.82, 2.24) is 4.98 Å². The number of benzene rings is 3. The van der Waals surface area contributed by atoms with Gasteiger partial charge in [0.15, 0.2) is 12.2 Å². The summed E-state index contributed by atoms with van der Waals surface area (Å²) >= 11 is 3.37. The van der Waals surface area contributed by atoms with E-state index in [1.54, 1.807) is 12.1 Å². The minimum absolute atomic E-state index is 0.0625. The van der Waals surface area contributed by atoms with Crippen molar-refractivity contribution in [3.8, 4) is 17.2 Å². The number of aromatic nitrogens is 1. The van der Waals surface area contributed by atoms with E-state index in [9.17, 15) is 4.79 Å². The fraction of sp³-hybridized carbons (Fsp3) is 0.200. The Morgan fingerprint density at radius 3 is 2.55 bits per heavy atom. The Bertz CT molecular complexity index is 1180. The molecule has 31 heavy (non-hydrogen) atoms. The number of anilines is 1. The first-order valence-electron chi connectivity index (χ1n) is 10.2. The van der Waals surface area contributed by atoms with Crippen molar-refractivity contribution >= 4 is 38.6 Å². The Kier molecular flexibility index (Phi) is 6.37. The smallest absolute Gasteiger partial charge is 0.262 e. The molecule has 1 atom stereocenters. The third-order valence-corrected chi connectivity index (χ3v) is 5.72. The van der Waals surface area contributed by atoms with Crippen LogP contribution in [0, 0.1) is 0 Å². The zero-order valence-corrected chi connectivity index (χ0v) is 19.0. The topological polar surface area (TPSA) is 64.4 Å². The van der Waals surface area contributed by atoms with Crippen LogP contribution in [0.2, 0.25) is 0 Å². The van der Waals surface area contributed by atoms with Crippen molar-refractivity contribution in [1.29, 1.82) is 0 Å². The van der Waals surface area contributed by atoms with Crippen molar-refractivity contribution in [3.63, 3.8) is 0 Å². The maximum atomic E-state index is 12.2. The molecule has 1 aromatic heterocycles. The predicted octanol–water partition coefficient (Wildman–Crippen LogP) is 6.79. The van der Waals surface area contributed by atoms with Gasteiger partial charge in [-0.1, -0.05) is 35.8 Å². The molecule has 0 bridgehead atoms. The molecule has 1 N–H and O–H groups in total. The normalized spacial score (nSPS) is 12.0. The molecule has 0 aliphatic rings. The second-order valence-electron chi connectivity index (χ2n) is 7.42. The van der Waals surface area contributed by atoms with Gasteiger partial charge in [0.2, 0.25) is 5.89 Å². The molecule has 0 spiro atoms. The summed E-state index contributed by atoms with van der Waals surface area (Å²) in [6, 6.07) is 20.9. The number of carbonyl (C=O) groups excluding carboxylic acids is 1. The lowest BCUT2D eigenvalue weighted by Crippen LogP contribution is -2.20. The van der Waals surface area contributed by atoms with Gasteiger partial charge >= 0.3 is 0 Å². The molecule has 0 fully saturated rings. The van der Waals surface area contributed by atoms with Crippen LogP contribution in [0.1, 0.15) is 31.7 Å². The SMILES string of the molecule is CC[C@@H](C)c1ccc2oc(-c3ccc(NC(=O)COc4ccc(Br)cc4)cc3)nc2c1. The molecule has 3 aromatic carbocycles. The number of hydrogen-bond acceptors (Lipinski definition) is 4. The Labute approximate surface area is 189 Å². The van der Waals surface area contributed by atoms with E-state index >= 15 is 0 Å². The summed E-state index contributed by atoms with van der Waals surface area (Å²) < 4.78 is 12.4. The van der Waals surface area contributed by atoms with E-state index in [0.29, 0.717) is 23.2 Å². The zero-order valence-electron chi connectivity index (χ0n) is 17.4. The van der Waals surface area contributed by atoms with Crippen LogP contribution in [0.5, 0.6) is 5.75 Å². The number of hydrogen-bond donors (Lipinski definition) is 1. The molecule has 1 amide bonds. The van der Waals surface area contributed by atoms with Gasteiger partial charge in [0.25, 0.3) is 5.91 Å². The molecule has 5 nitrogen and oxygen atoms in total. The standard InChI is InChI=1S/C25H23BrN2O3/c1-3-16(2)18-6-13-23-22(14-18)28-25(31-23)17-4-9-20(10-5-17)27-24(29)15-30-21-11-7-19(26)8-12-21/h4-14,16H,3,15H2,1-2H3,(H,27,29)/t16-/m1/s1. The molecule has 0 unspecified atom stereocenters. The number of rotatable bonds is 7. The molecule has 0 aliphatic carbocycles. The van der Waals surface area contributed by atoms with Crippen molar-refractivity contribution in [2.45, 2.75) is 26.2 Å². The van der Waals surface area contributed by atoms with E-state index in [1.165, 1.54) is 5.56 Å². The third kappa shape index (κ3) is 5.14. The lowest BCUT2D eigenvalue weighted by molar-refractivity contribution is -0.118. The number of nitrogens with one attached hydrogen (secondary N) is 1. The maximum absolute atomic E-state index is 12.2. The van der Waals surface area contributed by atoms with Crippen molar-refractivity contribution in [3.05, 3.63) is 76.8 Å². The fourth-order valence-corrected chi connectivity index (χ4v) is 3.45. The van der Waals surface area contributed by atoms with Gasteiger partial charge in [-0.2, -0.15) is 0 Å². The van der Waals surface area contributed by atoms with Crippen LogP contribution in [0.4, 0.5) is 5.69 Å². The van der Waals surface area contributed by atoms with Crippen LogP contribution in [0.25, 0.3) is 22.6 Å². The molecular formula is C25H23BrN2O3. The summed E-state index contributed by atoms with van der Waals surface area (Å²) in [6.07, 6.45) is 1.08. The highest BCUT2D eigenvalue weighted by Crippen LogP contribution is 2.28. The monoisotopic (exact) mass is 478 g/mol. The average Bonchev–Trinajstić information content (AvgIpc) is 3.22. The van der Waals surface area contributed by atoms with Gasteiger partial charge in [0, 0.05) is 15.7 Å². The molecule has 0 saturated heterocycles. The van der Waals surface area contributed by atoms with Crippen molar-refractivity contribution < 1.29 is 13.9 Å². The number of halogens is 1. The lowest BCUT2D eigenvalue weighted by Gasteiger charge is -2.08. The summed E-state index contributed by atoms with van der Waals surface area (Å²) in [5.41, 5.74) is 4.42. The van der Waals surface area contributed by atoms with Gasteiger partial charge in [-0.25, -0.2) is 4.98 Å². The lowest BCUT2D eigenvalue weighted by atomic mass is 9.98. The van der Waals surface area contributed by atoms with Gasteiger partial charge in [-0.15, -0.1) is 0 Å². The molecule has 6 heteroatoms. The minimum atomic E-state index is -0.227. The van der Waals surface area contributed by atoms with Crippen LogP contribution < -0.4 is 10.1 Å². The molecule has 0 radical (unpaired) electrons. The molecule has 0 aliphatic heterocycles. The minimum Gasteiger partial charge on any atom is -0.484 e. The van der Waals surface area contributed by atoms with Crippen molar-refractivity contribution in [2.75, 3.05) is 11.9 Å². The van der Waals surface area contributed by atoms with E-state index in [1.807, 2.05) is 42.5 Å². The van der Waals surface area contributed by atoms with Gasteiger partial charge in [0.05, 0.1) is 0 Å². The van der Waals surface area contributed by atoms with Gasteiger partial charge in [-0.3, -0.25) is 4.79 Å². The van der Waals surface area contributed by atoms with Gasteiger partial charge in [-0.05, 0) is 78.6 Å². The maximum Gasteiger partial charge on any atom is 0.262 e. The third-order valence-electron chi connectivity index (χ3n) is 5.19. The molecule has 4 rings (SSSR count). The Balaban J connectivity index is 1.40. The Hall–Kier alpha value is -3.12. The summed E-state index contributed by atoms with van der Waals surface area (Å²) in [4.78, 5) is 16.8. The highest BCUT2D eigenvalue weighted by atomic mass is 79.9. The zero-order chi connectivity index (χ0) is 21.8. The summed E-state index contributed by atoms with van der Waals surface area (Å²) in [6.45, 7) is 4.32. The first-order valence-corrected chi connectivity index (χ1v) is 11.0. The second kappa shape index (κ2) is 9.35. The van der Waals surface area contributed by atoms with Crippen LogP contribution in [0.15, 0.2) is 75.6 Å². The molecule has 1 heterocycles. The molecule has 158 valence electrons. The number of oxazole rings is 1. The Morgan fingerprint density at radius 1 is 1.10 bits per heavy atom. The molecule has 4 aromatic rings. The van der Waals surface area contributed by atoms with Crippen LogP contribution in [-0.2, 0) is 4.79 Å². The number of amides is 1. The molecule has 0 saturated carbocycles. The number of fused-ring (bicyclic) bond motifs is 1. The second-order valence-corrected chi connectivity index (χ2v) is 8.34. The summed E-state index contributed by atoms with van der Waals surface area (Å²) in [5, 5.41) is 2.83. The number of carbonyl (C=O) groups is 1. The van der Waals surface area contributed by atoms with Crippen molar-refractivity contribution in [2.24, 2.45) is 0 Å². The van der Waals surface area contributed by atoms with Crippen LogP contribution in [-0.4, -0.2) is 17.5 Å². The average molecular weight is 479 g/mol. The van der Waals surface area contributed by atoms with E-state index in [0.717, 1.165) is 27.6 Å². The van der Waals surface area contributed by atoms with Crippen LogP contribution in [0.3, 0.4) is 0 Å². The quantitative estimate of drug-likeness (QED) is 0.317. The van der Waals surface area contributed by atoms with E-state index < -0.39 is 0 Å². The molecular weight excluding hydrogens is 456 g/mol. The first kappa shape index (κ1) is 21.1. The number of nitrogens with zero attached hydrogens (tertiary/aromatic N) is 1.